The Hall–Kier alpha value is -2.66. The number of halogens is 2. The van der Waals surface area contributed by atoms with Crippen LogP contribution in [0.15, 0.2) is 60.8 Å². The van der Waals surface area contributed by atoms with Crippen molar-refractivity contribution in [2.75, 3.05) is 20.4 Å². The number of rotatable bonds is 3. The second-order valence-electron chi connectivity index (χ2n) is 8.52. The molecule has 162 valence electrons. The van der Waals surface area contributed by atoms with E-state index in [0.29, 0.717) is 16.8 Å². The predicted molar refractivity (Wildman–Crippen MR) is 128 cm³/mol. The zero-order valence-corrected chi connectivity index (χ0v) is 19.2. The second kappa shape index (κ2) is 7.73. The summed E-state index contributed by atoms with van der Waals surface area (Å²) in [5.41, 5.74) is 6.24. The Morgan fingerprint density at radius 3 is 2.59 bits per heavy atom. The lowest BCUT2D eigenvalue weighted by molar-refractivity contribution is 0.174. The van der Waals surface area contributed by atoms with Crippen LogP contribution in [-0.2, 0) is 13.0 Å². The molecule has 4 aromatic rings. The third kappa shape index (κ3) is 3.25. The molecular weight excluding hydrogens is 443 g/mol. The lowest BCUT2D eigenvalue weighted by atomic mass is 9.88. The van der Waals surface area contributed by atoms with E-state index in [9.17, 15) is 0 Å². The van der Waals surface area contributed by atoms with E-state index in [2.05, 4.69) is 59.1 Å². The van der Waals surface area contributed by atoms with Gasteiger partial charge in [0.05, 0.1) is 16.1 Å². The van der Waals surface area contributed by atoms with Crippen molar-refractivity contribution in [3.63, 3.8) is 0 Å². The van der Waals surface area contributed by atoms with Crippen molar-refractivity contribution >= 4 is 34.1 Å². The fourth-order valence-electron chi connectivity index (χ4n) is 5.00. The number of ether oxygens (including phenoxy) is 2. The highest BCUT2D eigenvalue weighted by molar-refractivity contribution is 6.42. The molecule has 0 N–H and O–H groups in total. The molecule has 1 aromatic heterocycles. The van der Waals surface area contributed by atoms with Crippen molar-refractivity contribution in [2.45, 2.75) is 19.0 Å². The first-order chi connectivity index (χ1) is 15.6. The van der Waals surface area contributed by atoms with Gasteiger partial charge in [-0.05, 0) is 66.1 Å². The SMILES string of the molecule is CN1CCc2cc3c(cc2C1c1cn(Cc2ccc(Cl)c(Cl)c2)c2ccccc12)OCO3. The fourth-order valence-corrected chi connectivity index (χ4v) is 5.32. The van der Waals surface area contributed by atoms with E-state index < -0.39 is 0 Å². The van der Waals surface area contributed by atoms with Crippen molar-refractivity contribution in [3.05, 3.63) is 93.1 Å². The van der Waals surface area contributed by atoms with Crippen LogP contribution < -0.4 is 9.47 Å². The predicted octanol–water partition coefficient (Wildman–Crippen LogP) is 6.30. The molecule has 1 unspecified atom stereocenters. The third-order valence-electron chi connectivity index (χ3n) is 6.55. The van der Waals surface area contributed by atoms with Crippen LogP contribution in [0.2, 0.25) is 10.0 Å². The van der Waals surface area contributed by atoms with Gasteiger partial charge >= 0.3 is 0 Å². The average Bonchev–Trinajstić information content (AvgIpc) is 3.39. The van der Waals surface area contributed by atoms with Gasteiger partial charge in [-0.3, -0.25) is 4.90 Å². The van der Waals surface area contributed by atoms with Crippen molar-refractivity contribution < 1.29 is 9.47 Å². The van der Waals surface area contributed by atoms with Gasteiger partial charge in [0, 0.05) is 30.2 Å². The fraction of sp³-hybridized carbons (Fsp3) is 0.231. The summed E-state index contributed by atoms with van der Waals surface area (Å²) in [5.74, 6) is 1.69. The van der Waals surface area contributed by atoms with Gasteiger partial charge in [-0.25, -0.2) is 0 Å². The lowest BCUT2D eigenvalue weighted by Crippen LogP contribution is -2.32. The first-order valence-electron chi connectivity index (χ1n) is 10.7. The van der Waals surface area contributed by atoms with Gasteiger partial charge in [-0.1, -0.05) is 47.5 Å². The number of likely N-dealkylation sites (N-methyl/N-ethyl adjacent to an activating group) is 1. The van der Waals surface area contributed by atoms with E-state index in [4.69, 9.17) is 32.7 Å². The molecule has 0 spiro atoms. The first kappa shape index (κ1) is 20.0. The number of para-hydroxylation sites is 1. The summed E-state index contributed by atoms with van der Waals surface area (Å²) >= 11 is 12.4. The quantitative estimate of drug-likeness (QED) is 0.355. The van der Waals surface area contributed by atoms with E-state index in [1.54, 1.807) is 0 Å². The highest BCUT2D eigenvalue weighted by Crippen LogP contribution is 2.44. The summed E-state index contributed by atoms with van der Waals surface area (Å²) in [6, 6.07) is 18.9. The second-order valence-corrected chi connectivity index (χ2v) is 9.33. The minimum absolute atomic E-state index is 0.146. The maximum absolute atomic E-state index is 6.28. The molecule has 0 radical (unpaired) electrons. The number of aromatic nitrogens is 1. The number of hydrogen-bond donors (Lipinski definition) is 0. The number of benzene rings is 3. The molecule has 0 saturated carbocycles. The molecule has 6 heteroatoms. The maximum Gasteiger partial charge on any atom is 0.231 e. The minimum Gasteiger partial charge on any atom is -0.454 e. The number of nitrogens with zero attached hydrogens (tertiary/aromatic N) is 2. The van der Waals surface area contributed by atoms with Crippen molar-refractivity contribution in [1.29, 1.82) is 0 Å². The molecule has 6 rings (SSSR count). The molecule has 0 bridgehead atoms. The minimum atomic E-state index is 0.146. The van der Waals surface area contributed by atoms with Gasteiger partial charge in [-0.2, -0.15) is 0 Å². The van der Waals surface area contributed by atoms with E-state index in [0.717, 1.165) is 36.6 Å². The van der Waals surface area contributed by atoms with Crippen molar-refractivity contribution in [1.82, 2.24) is 9.47 Å². The Morgan fingerprint density at radius 2 is 1.75 bits per heavy atom. The van der Waals surface area contributed by atoms with E-state index in [-0.39, 0.29) is 6.04 Å². The summed E-state index contributed by atoms with van der Waals surface area (Å²) in [5, 5.41) is 2.42. The molecule has 0 aliphatic carbocycles. The van der Waals surface area contributed by atoms with Crippen molar-refractivity contribution in [2.24, 2.45) is 0 Å². The zero-order valence-electron chi connectivity index (χ0n) is 17.6. The van der Waals surface area contributed by atoms with Crippen LogP contribution in [0, 0.1) is 0 Å². The highest BCUT2D eigenvalue weighted by Gasteiger charge is 2.31. The molecule has 0 saturated heterocycles. The van der Waals surface area contributed by atoms with Gasteiger partial charge in [0.15, 0.2) is 11.5 Å². The molecule has 3 aromatic carbocycles. The Labute approximate surface area is 196 Å². The zero-order chi connectivity index (χ0) is 21.8. The summed E-state index contributed by atoms with van der Waals surface area (Å²) in [6.07, 6.45) is 3.29. The average molecular weight is 465 g/mol. The van der Waals surface area contributed by atoms with Crippen LogP contribution in [0.1, 0.15) is 28.3 Å². The molecular formula is C26H22Cl2N2O2. The van der Waals surface area contributed by atoms with Crippen molar-refractivity contribution in [3.8, 4) is 11.5 Å². The number of fused-ring (bicyclic) bond motifs is 3. The molecule has 32 heavy (non-hydrogen) atoms. The van der Waals surface area contributed by atoms with Crippen LogP contribution in [0.5, 0.6) is 11.5 Å². The largest absolute Gasteiger partial charge is 0.454 e. The first-order valence-corrected chi connectivity index (χ1v) is 11.5. The van der Waals surface area contributed by atoms with Crippen LogP contribution in [0.3, 0.4) is 0 Å². The third-order valence-corrected chi connectivity index (χ3v) is 7.29. The van der Waals surface area contributed by atoms with E-state index >= 15 is 0 Å². The van der Waals surface area contributed by atoms with Crippen LogP contribution in [0.25, 0.3) is 10.9 Å². The smallest absolute Gasteiger partial charge is 0.231 e. The summed E-state index contributed by atoms with van der Waals surface area (Å²) < 4.78 is 13.6. The molecule has 2 aliphatic heterocycles. The molecule has 2 aliphatic rings. The van der Waals surface area contributed by atoms with E-state index in [1.807, 2.05) is 18.2 Å². The topological polar surface area (TPSA) is 26.6 Å². The standard InChI is InChI=1S/C26H22Cl2N2O2/c1-29-9-8-17-11-24-25(32-15-31-24)12-19(17)26(29)20-14-30(23-5-3-2-4-18(20)23)13-16-6-7-21(27)22(28)10-16/h2-7,10-12,14,26H,8-9,13,15H2,1H3. The molecule has 1 atom stereocenters. The lowest BCUT2D eigenvalue weighted by Gasteiger charge is -2.34. The molecule has 0 amide bonds. The van der Waals surface area contributed by atoms with Gasteiger partial charge in [0.1, 0.15) is 0 Å². The summed E-state index contributed by atoms with van der Waals surface area (Å²) in [4.78, 5) is 2.43. The Bertz CT molecular complexity index is 1350. The Balaban J connectivity index is 1.48. The number of hydrogen-bond acceptors (Lipinski definition) is 3. The van der Waals surface area contributed by atoms with Gasteiger partial charge in [-0.15, -0.1) is 0 Å². The summed E-state index contributed by atoms with van der Waals surface area (Å²) in [7, 11) is 2.20. The van der Waals surface area contributed by atoms with Crippen LogP contribution in [0.4, 0.5) is 0 Å². The Kier molecular flexibility index (Phi) is 4.83. The monoisotopic (exact) mass is 464 g/mol. The van der Waals surface area contributed by atoms with E-state index in [1.165, 1.54) is 27.6 Å². The Morgan fingerprint density at radius 1 is 0.938 bits per heavy atom. The van der Waals surface area contributed by atoms with Gasteiger partial charge in [0.25, 0.3) is 0 Å². The van der Waals surface area contributed by atoms with Gasteiger partial charge in [0.2, 0.25) is 6.79 Å². The van der Waals surface area contributed by atoms with Crippen LogP contribution in [-0.4, -0.2) is 29.9 Å². The molecule has 0 fully saturated rings. The highest BCUT2D eigenvalue weighted by atomic mass is 35.5. The van der Waals surface area contributed by atoms with Gasteiger partial charge < -0.3 is 14.0 Å². The normalized spacial score (nSPS) is 17.7. The van der Waals surface area contributed by atoms with Crippen LogP contribution >= 0.6 is 23.2 Å². The summed E-state index contributed by atoms with van der Waals surface area (Å²) in [6.45, 7) is 2.01. The maximum atomic E-state index is 6.28. The molecule has 4 nitrogen and oxygen atoms in total. The molecule has 3 heterocycles.